The van der Waals surface area contributed by atoms with Gasteiger partial charge in [-0.2, -0.15) is 0 Å². The fraction of sp³-hybridized carbons (Fsp3) is 0.417. The van der Waals surface area contributed by atoms with Gasteiger partial charge in [-0.25, -0.2) is 4.98 Å². The Hall–Kier alpha value is -0.840. The summed E-state index contributed by atoms with van der Waals surface area (Å²) >= 11 is 7.45. The molecule has 0 amide bonds. The molecule has 92 valence electrons. The van der Waals surface area contributed by atoms with Crippen LogP contribution in [0.5, 0.6) is 0 Å². The second kappa shape index (κ2) is 5.67. The lowest BCUT2D eigenvalue weighted by atomic mass is 10.3. The van der Waals surface area contributed by atoms with E-state index in [4.69, 9.17) is 16.0 Å². The van der Waals surface area contributed by atoms with Gasteiger partial charge in [-0.15, -0.1) is 11.3 Å². The lowest BCUT2D eigenvalue weighted by Crippen LogP contribution is -2.20. The topological polar surface area (TPSA) is 29.3 Å². The van der Waals surface area contributed by atoms with Crippen LogP contribution in [-0.2, 0) is 13.0 Å². The summed E-state index contributed by atoms with van der Waals surface area (Å²) in [5, 5.41) is 0.451. The molecule has 0 unspecified atom stereocenters. The molecule has 0 aromatic carbocycles. The first-order chi connectivity index (χ1) is 8.15. The number of aryl methyl sites for hydroxylation is 1. The Morgan fingerprint density at radius 3 is 2.88 bits per heavy atom. The number of nitrogens with zero attached hydrogens (tertiary/aromatic N) is 2. The molecule has 0 saturated heterocycles. The van der Waals surface area contributed by atoms with Crippen molar-refractivity contribution in [3.8, 4) is 0 Å². The Morgan fingerprint density at radius 1 is 1.47 bits per heavy atom. The molecule has 0 atom stereocenters. The minimum absolute atomic E-state index is 0.451. The molecule has 0 fully saturated rings. The summed E-state index contributed by atoms with van der Waals surface area (Å²) in [5.74, 6) is 0.901. The molecule has 0 spiro atoms. The van der Waals surface area contributed by atoms with E-state index in [9.17, 15) is 0 Å². The predicted octanol–water partition coefficient (Wildman–Crippen LogP) is 3.37. The lowest BCUT2D eigenvalue weighted by molar-refractivity contribution is 0.299. The normalized spacial score (nSPS) is 11.3. The second-order valence-corrected chi connectivity index (χ2v) is 5.37. The molecule has 2 heterocycles. The van der Waals surface area contributed by atoms with E-state index in [2.05, 4.69) is 23.9 Å². The van der Waals surface area contributed by atoms with E-state index in [0.29, 0.717) is 5.22 Å². The zero-order valence-electron chi connectivity index (χ0n) is 9.94. The average molecular weight is 271 g/mol. The van der Waals surface area contributed by atoms with Gasteiger partial charge in [0.05, 0.1) is 17.7 Å². The third-order valence-electron chi connectivity index (χ3n) is 2.62. The Bertz CT molecular complexity index is 480. The summed E-state index contributed by atoms with van der Waals surface area (Å²) < 4.78 is 5.33. The highest BCUT2D eigenvalue weighted by Crippen LogP contribution is 2.16. The summed E-state index contributed by atoms with van der Waals surface area (Å²) in [6.45, 7) is 3.82. The van der Waals surface area contributed by atoms with E-state index >= 15 is 0 Å². The standard InChI is InChI=1S/C12H15ClN2OS/c1-9-11(17-8-14-9)5-6-15(2)7-10-3-4-12(13)16-10/h3-4,8H,5-7H2,1-2H3. The van der Waals surface area contributed by atoms with Crippen molar-refractivity contribution in [3.05, 3.63) is 39.2 Å². The molecular weight excluding hydrogens is 256 g/mol. The number of furan rings is 1. The molecule has 2 rings (SSSR count). The van der Waals surface area contributed by atoms with Crippen molar-refractivity contribution in [2.75, 3.05) is 13.6 Å². The third kappa shape index (κ3) is 3.56. The maximum atomic E-state index is 5.73. The summed E-state index contributed by atoms with van der Waals surface area (Å²) in [6.07, 6.45) is 1.03. The molecule has 0 radical (unpaired) electrons. The number of thiazole rings is 1. The lowest BCUT2D eigenvalue weighted by Gasteiger charge is -2.14. The number of rotatable bonds is 5. The molecule has 0 saturated carbocycles. The van der Waals surface area contributed by atoms with Crippen molar-refractivity contribution in [1.82, 2.24) is 9.88 Å². The number of hydrogen-bond donors (Lipinski definition) is 0. The van der Waals surface area contributed by atoms with Crippen molar-refractivity contribution in [3.63, 3.8) is 0 Å². The quantitative estimate of drug-likeness (QED) is 0.834. The van der Waals surface area contributed by atoms with Crippen LogP contribution >= 0.6 is 22.9 Å². The van der Waals surface area contributed by atoms with E-state index in [1.54, 1.807) is 17.4 Å². The van der Waals surface area contributed by atoms with E-state index in [-0.39, 0.29) is 0 Å². The van der Waals surface area contributed by atoms with Crippen LogP contribution in [0.2, 0.25) is 5.22 Å². The van der Waals surface area contributed by atoms with Crippen LogP contribution < -0.4 is 0 Å². The van der Waals surface area contributed by atoms with Crippen LogP contribution in [-0.4, -0.2) is 23.5 Å². The van der Waals surface area contributed by atoms with Gasteiger partial charge in [-0.3, -0.25) is 4.90 Å². The fourth-order valence-corrected chi connectivity index (χ4v) is 2.57. The van der Waals surface area contributed by atoms with Crippen molar-refractivity contribution >= 4 is 22.9 Å². The minimum atomic E-state index is 0.451. The molecule has 2 aromatic heterocycles. The maximum Gasteiger partial charge on any atom is 0.193 e. The Labute approximate surface area is 110 Å². The van der Waals surface area contributed by atoms with Crippen molar-refractivity contribution in [2.24, 2.45) is 0 Å². The smallest absolute Gasteiger partial charge is 0.193 e. The zero-order valence-corrected chi connectivity index (χ0v) is 11.5. The van der Waals surface area contributed by atoms with Gasteiger partial charge >= 0.3 is 0 Å². The van der Waals surface area contributed by atoms with E-state index in [0.717, 1.165) is 31.0 Å². The van der Waals surface area contributed by atoms with Gasteiger partial charge in [0.2, 0.25) is 0 Å². The summed E-state index contributed by atoms with van der Waals surface area (Å²) in [6, 6.07) is 3.69. The highest BCUT2D eigenvalue weighted by molar-refractivity contribution is 7.09. The molecule has 0 bridgehead atoms. The van der Waals surface area contributed by atoms with E-state index in [1.165, 1.54) is 4.88 Å². The van der Waals surface area contributed by atoms with Crippen LogP contribution in [0.15, 0.2) is 22.1 Å². The first-order valence-electron chi connectivity index (χ1n) is 5.47. The average Bonchev–Trinajstić information content (AvgIpc) is 2.85. The molecule has 2 aromatic rings. The van der Waals surface area contributed by atoms with Crippen molar-refractivity contribution < 1.29 is 4.42 Å². The summed E-state index contributed by atoms with van der Waals surface area (Å²) in [7, 11) is 2.08. The number of aromatic nitrogens is 1. The van der Waals surface area contributed by atoms with Gasteiger partial charge in [0, 0.05) is 11.4 Å². The maximum absolute atomic E-state index is 5.73. The van der Waals surface area contributed by atoms with Crippen LogP contribution in [0.3, 0.4) is 0 Å². The van der Waals surface area contributed by atoms with Crippen LogP contribution in [0.25, 0.3) is 0 Å². The molecule has 17 heavy (non-hydrogen) atoms. The number of hydrogen-bond acceptors (Lipinski definition) is 4. The summed E-state index contributed by atoms with van der Waals surface area (Å²) in [5.41, 5.74) is 3.04. The fourth-order valence-electron chi connectivity index (χ4n) is 1.64. The molecule has 0 aliphatic rings. The molecule has 0 N–H and O–H groups in total. The largest absolute Gasteiger partial charge is 0.448 e. The highest BCUT2D eigenvalue weighted by Gasteiger charge is 2.07. The Morgan fingerprint density at radius 2 is 2.29 bits per heavy atom. The highest BCUT2D eigenvalue weighted by atomic mass is 35.5. The molecule has 3 nitrogen and oxygen atoms in total. The third-order valence-corrected chi connectivity index (χ3v) is 3.82. The Kier molecular flexibility index (Phi) is 4.20. The van der Waals surface area contributed by atoms with Gasteiger partial charge in [-0.1, -0.05) is 0 Å². The van der Waals surface area contributed by atoms with Crippen molar-refractivity contribution in [1.29, 1.82) is 0 Å². The molecule has 0 aliphatic heterocycles. The van der Waals surface area contributed by atoms with Crippen molar-refractivity contribution in [2.45, 2.75) is 19.9 Å². The van der Waals surface area contributed by atoms with Gasteiger partial charge in [-0.05, 0) is 44.1 Å². The SMILES string of the molecule is Cc1ncsc1CCN(C)Cc1ccc(Cl)o1. The van der Waals surface area contributed by atoms with Gasteiger partial charge in [0.25, 0.3) is 0 Å². The Balaban J connectivity index is 1.82. The van der Waals surface area contributed by atoms with Gasteiger partial charge in [0.15, 0.2) is 5.22 Å². The second-order valence-electron chi connectivity index (χ2n) is 4.05. The zero-order chi connectivity index (χ0) is 12.3. The number of likely N-dealkylation sites (N-methyl/N-ethyl adjacent to an activating group) is 1. The van der Waals surface area contributed by atoms with Crippen LogP contribution in [0.1, 0.15) is 16.3 Å². The van der Waals surface area contributed by atoms with Crippen LogP contribution in [0, 0.1) is 6.92 Å². The first-order valence-corrected chi connectivity index (χ1v) is 6.72. The van der Waals surface area contributed by atoms with Gasteiger partial charge < -0.3 is 4.42 Å². The van der Waals surface area contributed by atoms with Crippen LogP contribution in [0.4, 0.5) is 0 Å². The summed E-state index contributed by atoms with van der Waals surface area (Å²) in [4.78, 5) is 7.82. The van der Waals surface area contributed by atoms with E-state index in [1.807, 2.05) is 11.6 Å². The van der Waals surface area contributed by atoms with Gasteiger partial charge in [0.1, 0.15) is 5.76 Å². The van der Waals surface area contributed by atoms with E-state index < -0.39 is 0 Å². The monoisotopic (exact) mass is 270 g/mol. The predicted molar refractivity (Wildman–Crippen MR) is 70.6 cm³/mol. The minimum Gasteiger partial charge on any atom is -0.448 e. The molecule has 0 aliphatic carbocycles. The number of halogens is 1. The first kappa shape index (κ1) is 12.6. The molecule has 5 heteroatoms. The molecular formula is C12H15ClN2OS.